The van der Waals surface area contributed by atoms with Gasteiger partial charge in [0.1, 0.15) is 11.3 Å². The van der Waals surface area contributed by atoms with E-state index in [0.29, 0.717) is 41.0 Å². The molecule has 0 fully saturated rings. The Morgan fingerprint density at radius 2 is 1.44 bits per heavy atom. The van der Waals surface area contributed by atoms with Gasteiger partial charge in [-0.1, -0.05) is 97.1 Å². The number of hydrogen-bond acceptors (Lipinski definition) is 4. The molecule has 5 aromatic rings. The number of amides is 1. The first-order valence-electron chi connectivity index (χ1n) is 13.0. The van der Waals surface area contributed by atoms with Gasteiger partial charge in [0.15, 0.2) is 0 Å². The van der Waals surface area contributed by atoms with Crippen molar-refractivity contribution in [1.29, 1.82) is 0 Å². The van der Waals surface area contributed by atoms with Gasteiger partial charge in [0, 0.05) is 23.2 Å². The van der Waals surface area contributed by atoms with E-state index in [-0.39, 0.29) is 5.91 Å². The van der Waals surface area contributed by atoms with Crippen molar-refractivity contribution in [2.45, 2.75) is 19.6 Å². The lowest BCUT2D eigenvalue weighted by atomic mass is 10.1. The summed E-state index contributed by atoms with van der Waals surface area (Å²) < 4.78 is 7.96. The Hall–Kier alpha value is -4.97. The largest absolute Gasteiger partial charge is 0.433 e. The molecule has 2 heterocycles. The molecular formula is C33H27N3O3. The third kappa shape index (κ3) is 4.61. The number of nitrogens with zero attached hydrogens (tertiary/aromatic N) is 3. The molecule has 0 spiro atoms. The second-order valence-electron chi connectivity index (χ2n) is 9.50. The first-order valence-corrected chi connectivity index (χ1v) is 13.0. The number of fused-ring (bicyclic) bond motifs is 1. The molecule has 0 saturated heterocycles. The van der Waals surface area contributed by atoms with Crippen LogP contribution in [0.5, 0.6) is 0 Å². The fourth-order valence-electron chi connectivity index (χ4n) is 5.10. The van der Waals surface area contributed by atoms with E-state index in [1.54, 1.807) is 15.6 Å². The summed E-state index contributed by atoms with van der Waals surface area (Å²) in [5, 5.41) is 4.84. The molecule has 192 valence electrons. The van der Waals surface area contributed by atoms with Gasteiger partial charge >= 0.3 is 5.97 Å². The number of para-hydroxylation sites is 1. The lowest BCUT2D eigenvalue weighted by Gasteiger charge is -2.25. The van der Waals surface area contributed by atoms with Crippen molar-refractivity contribution < 1.29 is 14.3 Å². The Morgan fingerprint density at radius 1 is 0.821 bits per heavy atom. The fraction of sp³-hybridized carbons (Fsp3) is 0.121. The van der Waals surface area contributed by atoms with Crippen LogP contribution in [0.3, 0.4) is 0 Å². The number of benzene rings is 4. The van der Waals surface area contributed by atoms with Crippen LogP contribution >= 0.6 is 0 Å². The summed E-state index contributed by atoms with van der Waals surface area (Å²) in [5.41, 5.74) is 5.60. The number of carbonyl (C=O) groups is 2. The van der Waals surface area contributed by atoms with Crippen molar-refractivity contribution in [1.82, 2.24) is 14.7 Å². The van der Waals surface area contributed by atoms with Crippen LogP contribution in [0, 0.1) is 6.92 Å². The van der Waals surface area contributed by atoms with Crippen LogP contribution < -0.4 is 0 Å². The molecule has 1 amide bonds. The van der Waals surface area contributed by atoms with E-state index < -0.39 is 12.2 Å². The van der Waals surface area contributed by atoms with E-state index in [9.17, 15) is 9.59 Å². The molecule has 0 bridgehead atoms. The SMILES string of the molecule is Cc1c(C(=O)O[C@H]2c3ccccc3C(=O)N2CCc2ccccc2)c(-c2ccccc2)nn1-c1ccccc1. The van der Waals surface area contributed by atoms with Gasteiger partial charge in [0.05, 0.1) is 11.4 Å². The number of ether oxygens (including phenoxy) is 1. The van der Waals surface area contributed by atoms with Crippen molar-refractivity contribution in [2.75, 3.05) is 6.54 Å². The van der Waals surface area contributed by atoms with Gasteiger partial charge in [-0.3, -0.25) is 9.69 Å². The zero-order chi connectivity index (χ0) is 26.8. The first-order chi connectivity index (χ1) is 19.1. The van der Waals surface area contributed by atoms with Gasteiger partial charge in [0.25, 0.3) is 5.91 Å². The van der Waals surface area contributed by atoms with Crippen LogP contribution in [0.2, 0.25) is 0 Å². The number of aromatic nitrogens is 2. The topological polar surface area (TPSA) is 64.4 Å². The average molecular weight is 514 g/mol. The maximum Gasteiger partial charge on any atom is 0.344 e. The minimum atomic E-state index is -0.826. The minimum absolute atomic E-state index is 0.140. The summed E-state index contributed by atoms with van der Waals surface area (Å²) in [6.45, 7) is 2.28. The van der Waals surface area contributed by atoms with Crippen LogP contribution in [0.1, 0.15) is 43.8 Å². The van der Waals surface area contributed by atoms with Gasteiger partial charge in [-0.25, -0.2) is 9.48 Å². The molecule has 6 nitrogen and oxygen atoms in total. The summed E-state index contributed by atoms with van der Waals surface area (Å²) in [4.78, 5) is 29.0. The van der Waals surface area contributed by atoms with Crippen LogP contribution in [0.4, 0.5) is 0 Å². The number of hydrogen-bond donors (Lipinski definition) is 0. The quantitative estimate of drug-likeness (QED) is 0.236. The lowest BCUT2D eigenvalue weighted by Crippen LogP contribution is -2.33. The Morgan fingerprint density at radius 3 is 2.15 bits per heavy atom. The average Bonchev–Trinajstić information content (AvgIpc) is 3.47. The predicted octanol–water partition coefficient (Wildman–Crippen LogP) is 6.40. The highest BCUT2D eigenvalue weighted by atomic mass is 16.6. The Kier molecular flexibility index (Phi) is 6.51. The van der Waals surface area contributed by atoms with Gasteiger partial charge in [-0.05, 0) is 37.1 Å². The van der Waals surface area contributed by atoms with Crippen molar-refractivity contribution in [3.05, 3.63) is 143 Å². The summed E-state index contributed by atoms with van der Waals surface area (Å²) in [6.07, 6.45) is -0.178. The van der Waals surface area contributed by atoms with Gasteiger partial charge < -0.3 is 4.74 Å². The highest BCUT2D eigenvalue weighted by Gasteiger charge is 2.40. The standard InChI is InChI=1S/C33H27N3O3/c1-23-29(30(25-15-7-3-8-16-25)34-36(23)26-17-9-4-10-18-26)33(38)39-32-28-20-12-11-19-27(28)31(37)35(32)22-21-24-13-5-2-6-14-24/h2-20,32H,21-22H2,1H3/t32-/m0/s1. The molecule has 39 heavy (non-hydrogen) atoms. The van der Waals surface area contributed by atoms with Crippen molar-refractivity contribution in [3.8, 4) is 16.9 Å². The van der Waals surface area contributed by atoms with E-state index in [1.165, 1.54) is 0 Å². The fourth-order valence-corrected chi connectivity index (χ4v) is 5.10. The Bertz CT molecular complexity index is 1630. The zero-order valence-electron chi connectivity index (χ0n) is 21.5. The second kappa shape index (κ2) is 10.4. The monoisotopic (exact) mass is 513 g/mol. The van der Waals surface area contributed by atoms with E-state index in [0.717, 1.165) is 16.8 Å². The van der Waals surface area contributed by atoms with Crippen molar-refractivity contribution >= 4 is 11.9 Å². The molecule has 0 N–H and O–H groups in total. The molecule has 4 aromatic carbocycles. The molecule has 0 unspecified atom stereocenters. The molecular weight excluding hydrogens is 486 g/mol. The van der Waals surface area contributed by atoms with E-state index >= 15 is 0 Å². The molecule has 1 atom stereocenters. The summed E-state index contributed by atoms with van der Waals surface area (Å²) in [5.74, 6) is -0.660. The molecule has 6 heteroatoms. The van der Waals surface area contributed by atoms with Crippen LogP contribution in [-0.2, 0) is 11.2 Å². The highest BCUT2D eigenvalue weighted by molar-refractivity contribution is 6.01. The molecule has 0 saturated carbocycles. The molecule has 1 aliphatic heterocycles. The van der Waals surface area contributed by atoms with Crippen LogP contribution in [-0.4, -0.2) is 33.1 Å². The van der Waals surface area contributed by atoms with Crippen molar-refractivity contribution in [3.63, 3.8) is 0 Å². The van der Waals surface area contributed by atoms with Crippen LogP contribution in [0.15, 0.2) is 115 Å². The molecule has 0 aliphatic carbocycles. The highest BCUT2D eigenvalue weighted by Crippen LogP contribution is 2.37. The van der Waals surface area contributed by atoms with E-state index in [2.05, 4.69) is 0 Å². The first kappa shape index (κ1) is 24.4. The third-order valence-corrected chi connectivity index (χ3v) is 7.07. The van der Waals surface area contributed by atoms with Gasteiger partial charge in [0.2, 0.25) is 6.23 Å². The number of esters is 1. The zero-order valence-corrected chi connectivity index (χ0v) is 21.5. The Labute approximate surface area is 227 Å². The molecule has 0 radical (unpaired) electrons. The molecule has 1 aromatic heterocycles. The van der Waals surface area contributed by atoms with Gasteiger partial charge in [-0.2, -0.15) is 5.10 Å². The molecule has 1 aliphatic rings. The molecule has 6 rings (SSSR count). The summed E-state index contributed by atoms with van der Waals surface area (Å²) in [7, 11) is 0. The van der Waals surface area contributed by atoms with Crippen molar-refractivity contribution in [2.24, 2.45) is 0 Å². The second-order valence-corrected chi connectivity index (χ2v) is 9.50. The van der Waals surface area contributed by atoms with E-state index in [1.807, 2.05) is 116 Å². The Balaban J connectivity index is 1.38. The summed E-state index contributed by atoms with van der Waals surface area (Å²) in [6, 6.07) is 36.6. The normalized spacial score (nSPS) is 14.3. The summed E-state index contributed by atoms with van der Waals surface area (Å²) >= 11 is 0. The maximum atomic E-state index is 14.0. The third-order valence-electron chi connectivity index (χ3n) is 7.07. The smallest absolute Gasteiger partial charge is 0.344 e. The number of carbonyl (C=O) groups excluding carboxylic acids is 2. The maximum absolute atomic E-state index is 14.0. The van der Waals surface area contributed by atoms with Gasteiger partial charge in [-0.15, -0.1) is 0 Å². The van der Waals surface area contributed by atoms with Crippen LogP contribution in [0.25, 0.3) is 16.9 Å². The minimum Gasteiger partial charge on any atom is -0.433 e. The van der Waals surface area contributed by atoms with E-state index in [4.69, 9.17) is 9.84 Å². The number of rotatable bonds is 7. The lowest BCUT2D eigenvalue weighted by molar-refractivity contribution is -0.0181. The predicted molar refractivity (Wildman–Crippen MR) is 150 cm³/mol.